The van der Waals surface area contributed by atoms with Crippen LogP contribution in [0.3, 0.4) is 0 Å². The van der Waals surface area contributed by atoms with Crippen LogP contribution in [0.1, 0.15) is 32.8 Å². The quantitative estimate of drug-likeness (QED) is 0.792. The molecule has 0 saturated carbocycles. The van der Waals surface area contributed by atoms with Gasteiger partial charge < -0.3 is 20.1 Å². The van der Waals surface area contributed by atoms with E-state index >= 15 is 0 Å². The van der Waals surface area contributed by atoms with Gasteiger partial charge in [-0.25, -0.2) is 4.79 Å². The highest BCUT2D eigenvalue weighted by Gasteiger charge is 2.18. The van der Waals surface area contributed by atoms with Gasteiger partial charge in [-0.3, -0.25) is 0 Å². The molecule has 5 heteroatoms. The zero-order valence-electron chi connectivity index (χ0n) is 13.3. The summed E-state index contributed by atoms with van der Waals surface area (Å²) < 4.78 is 5.28. The van der Waals surface area contributed by atoms with Crippen LogP contribution in [0.2, 0.25) is 0 Å². The number of amides is 1. The number of carbonyl (C=O) groups is 1. The van der Waals surface area contributed by atoms with E-state index in [0.717, 1.165) is 25.1 Å². The third-order valence-electron chi connectivity index (χ3n) is 2.82. The lowest BCUT2D eigenvalue weighted by Gasteiger charge is -2.24. The number of hydrogen-bond acceptors (Lipinski definition) is 4. The van der Waals surface area contributed by atoms with E-state index in [-0.39, 0.29) is 11.8 Å². The SMILES string of the molecule is CN(CCCNCc1ccc(O)cc1)C(=O)OC(C)(C)C. The first kappa shape index (κ1) is 17.3. The Morgan fingerprint density at radius 1 is 1.29 bits per heavy atom. The van der Waals surface area contributed by atoms with Gasteiger partial charge in [0, 0.05) is 20.1 Å². The van der Waals surface area contributed by atoms with E-state index in [1.165, 1.54) is 0 Å². The Labute approximate surface area is 126 Å². The molecule has 0 heterocycles. The standard InChI is InChI=1S/C16H26N2O3/c1-16(2,3)21-15(20)18(4)11-5-10-17-12-13-6-8-14(19)9-7-13/h6-9,17,19H,5,10-12H2,1-4H3. The van der Waals surface area contributed by atoms with Gasteiger partial charge in [-0.05, 0) is 51.4 Å². The van der Waals surface area contributed by atoms with Crippen LogP contribution in [-0.4, -0.2) is 41.8 Å². The fourth-order valence-electron chi connectivity index (χ4n) is 1.72. The molecule has 0 fully saturated rings. The van der Waals surface area contributed by atoms with Gasteiger partial charge in [0.2, 0.25) is 0 Å². The number of nitrogens with zero attached hydrogens (tertiary/aromatic N) is 1. The van der Waals surface area contributed by atoms with Crippen molar-refractivity contribution in [3.05, 3.63) is 29.8 Å². The monoisotopic (exact) mass is 294 g/mol. The summed E-state index contributed by atoms with van der Waals surface area (Å²) in [6.07, 6.45) is 0.564. The lowest BCUT2D eigenvalue weighted by molar-refractivity contribution is 0.0297. The van der Waals surface area contributed by atoms with E-state index in [9.17, 15) is 9.90 Å². The molecule has 1 aromatic rings. The largest absolute Gasteiger partial charge is 0.508 e. The summed E-state index contributed by atoms with van der Waals surface area (Å²) in [5, 5.41) is 12.5. The maximum Gasteiger partial charge on any atom is 0.410 e. The number of phenols is 1. The first-order valence-electron chi connectivity index (χ1n) is 7.21. The lowest BCUT2D eigenvalue weighted by atomic mass is 10.2. The van der Waals surface area contributed by atoms with Gasteiger partial charge in [-0.1, -0.05) is 12.1 Å². The van der Waals surface area contributed by atoms with Gasteiger partial charge >= 0.3 is 6.09 Å². The van der Waals surface area contributed by atoms with Crippen molar-refractivity contribution in [3.63, 3.8) is 0 Å². The van der Waals surface area contributed by atoms with Crippen LogP contribution in [0.15, 0.2) is 24.3 Å². The van der Waals surface area contributed by atoms with Crippen molar-refractivity contribution in [2.75, 3.05) is 20.1 Å². The zero-order chi connectivity index (χ0) is 15.9. The molecule has 0 aliphatic heterocycles. The fraction of sp³-hybridized carbons (Fsp3) is 0.562. The molecule has 0 bridgehead atoms. The Morgan fingerprint density at radius 3 is 2.48 bits per heavy atom. The first-order chi connectivity index (χ1) is 9.78. The molecule has 2 N–H and O–H groups in total. The lowest BCUT2D eigenvalue weighted by Crippen LogP contribution is -2.35. The minimum absolute atomic E-state index is 0.276. The third-order valence-corrected chi connectivity index (χ3v) is 2.82. The van der Waals surface area contributed by atoms with Crippen LogP contribution in [0.5, 0.6) is 5.75 Å². The van der Waals surface area contributed by atoms with Gasteiger partial charge in [0.15, 0.2) is 0 Å². The average Bonchev–Trinajstić information content (AvgIpc) is 2.38. The minimum atomic E-state index is -0.456. The van der Waals surface area contributed by atoms with Crippen molar-refractivity contribution in [1.82, 2.24) is 10.2 Å². The van der Waals surface area contributed by atoms with Gasteiger partial charge in [-0.2, -0.15) is 0 Å². The van der Waals surface area contributed by atoms with Crippen molar-refractivity contribution < 1.29 is 14.6 Å². The summed E-state index contributed by atoms with van der Waals surface area (Å²) in [6.45, 7) is 7.79. The van der Waals surface area contributed by atoms with E-state index in [4.69, 9.17) is 4.74 Å². The summed E-state index contributed by atoms with van der Waals surface area (Å²) in [5.41, 5.74) is 0.663. The molecule has 0 aliphatic rings. The first-order valence-corrected chi connectivity index (χ1v) is 7.21. The smallest absolute Gasteiger partial charge is 0.410 e. The maximum absolute atomic E-state index is 11.7. The molecule has 0 aromatic heterocycles. The van der Waals surface area contributed by atoms with Gasteiger partial charge in [0.1, 0.15) is 11.4 Å². The van der Waals surface area contributed by atoms with Crippen LogP contribution in [0.25, 0.3) is 0 Å². The Bertz CT molecular complexity index is 438. The molecule has 1 rings (SSSR count). The molecule has 0 radical (unpaired) electrons. The topological polar surface area (TPSA) is 61.8 Å². The Morgan fingerprint density at radius 2 is 1.90 bits per heavy atom. The van der Waals surface area contributed by atoms with Gasteiger partial charge in [0.05, 0.1) is 0 Å². The Kier molecular flexibility index (Phi) is 6.49. The molecule has 21 heavy (non-hydrogen) atoms. The van der Waals surface area contributed by atoms with Crippen molar-refractivity contribution in [1.29, 1.82) is 0 Å². The number of hydrogen-bond donors (Lipinski definition) is 2. The molecular weight excluding hydrogens is 268 g/mol. The van der Waals surface area contributed by atoms with Crippen LogP contribution in [0, 0.1) is 0 Å². The molecule has 0 aliphatic carbocycles. The Hall–Kier alpha value is -1.75. The molecule has 0 unspecified atom stereocenters. The second-order valence-electron chi connectivity index (χ2n) is 6.10. The number of aromatic hydroxyl groups is 1. The van der Waals surface area contributed by atoms with E-state index < -0.39 is 5.60 Å². The second-order valence-corrected chi connectivity index (χ2v) is 6.10. The molecule has 0 atom stereocenters. The molecule has 0 saturated heterocycles. The van der Waals surface area contributed by atoms with Crippen molar-refractivity contribution in [2.24, 2.45) is 0 Å². The molecule has 1 amide bonds. The summed E-state index contributed by atoms with van der Waals surface area (Å²) in [4.78, 5) is 13.3. The molecule has 0 spiro atoms. The summed E-state index contributed by atoms with van der Waals surface area (Å²) >= 11 is 0. The maximum atomic E-state index is 11.7. The van der Waals surface area contributed by atoms with E-state index in [0.29, 0.717) is 6.54 Å². The highest BCUT2D eigenvalue weighted by molar-refractivity contribution is 5.67. The van der Waals surface area contributed by atoms with E-state index in [1.54, 1.807) is 24.1 Å². The number of benzene rings is 1. The molecule has 118 valence electrons. The second kappa shape index (κ2) is 7.88. The molecule has 5 nitrogen and oxygen atoms in total. The minimum Gasteiger partial charge on any atom is -0.508 e. The average molecular weight is 294 g/mol. The van der Waals surface area contributed by atoms with Crippen LogP contribution >= 0.6 is 0 Å². The van der Waals surface area contributed by atoms with Crippen LogP contribution in [0.4, 0.5) is 4.79 Å². The van der Waals surface area contributed by atoms with Gasteiger partial charge in [-0.15, -0.1) is 0 Å². The van der Waals surface area contributed by atoms with Crippen LogP contribution in [-0.2, 0) is 11.3 Å². The van der Waals surface area contributed by atoms with Crippen molar-refractivity contribution in [2.45, 2.75) is 39.3 Å². The predicted molar refractivity (Wildman–Crippen MR) is 83.3 cm³/mol. The number of ether oxygens (including phenoxy) is 1. The zero-order valence-corrected chi connectivity index (χ0v) is 13.3. The number of rotatable bonds is 6. The summed E-state index contributed by atoms with van der Waals surface area (Å²) in [6, 6.07) is 7.12. The van der Waals surface area contributed by atoms with Crippen LogP contribution < -0.4 is 5.32 Å². The predicted octanol–water partition coefficient (Wildman–Crippen LogP) is 2.74. The van der Waals surface area contributed by atoms with Crippen molar-refractivity contribution >= 4 is 6.09 Å². The number of nitrogens with one attached hydrogen (secondary N) is 1. The van der Waals surface area contributed by atoms with E-state index in [1.807, 2.05) is 32.9 Å². The highest BCUT2D eigenvalue weighted by atomic mass is 16.6. The Balaban J connectivity index is 2.16. The molecular formula is C16H26N2O3. The third kappa shape index (κ3) is 7.56. The van der Waals surface area contributed by atoms with Crippen molar-refractivity contribution in [3.8, 4) is 5.75 Å². The van der Waals surface area contributed by atoms with E-state index in [2.05, 4.69) is 5.32 Å². The fourth-order valence-corrected chi connectivity index (χ4v) is 1.72. The number of carbonyl (C=O) groups excluding carboxylic acids is 1. The normalized spacial score (nSPS) is 11.2. The summed E-state index contributed by atoms with van der Waals surface area (Å²) in [7, 11) is 1.74. The highest BCUT2D eigenvalue weighted by Crippen LogP contribution is 2.10. The molecule has 1 aromatic carbocycles. The number of phenolic OH excluding ortho intramolecular Hbond substituents is 1. The van der Waals surface area contributed by atoms with Gasteiger partial charge in [0.25, 0.3) is 0 Å². The summed E-state index contributed by atoms with van der Waals surface area (Å²) in [5.74, 6) is 0.276.